The lowest BCUT2D eigenvalue weighted by Gasteiger charge is -2.25. The molecule has 26 heavy (non-hydrogen) atoms. The van der Waals surface area contributed by atoms with E-state index in [1.54, 1.807) is 4.90 Å². The fourth-order valence-corrected chi connectivity index (χ4v) is 3.65. The van der Waals surface area contributed by atoms with Crippen molar-refractivity contribution in [3.8, 4) is 0 Å². The number of aryl methyl sites for hydroxylation is 1. The minimum atomic E-state index is -0.653. The topological polar surface area (TPSA) is 66.6 Å². The number of nitrogens with two attached hydrogens (primary N) is 1. The minimum absolute atomic E-state index is 0. The van der Waals surface area contributed by atoms with E-state index in [0.29, 0.717) is 26.2 Å². The van der Waals surface area contributed by atoms with Crippen LogP contribution >= 0.6 is 23.7 Å². The van der Waals surface area contributed by atoms with Crippen LogP contribution in [0.3, 0.4) is 0 Å². The van der Waals surface area contributed by atoms with E-state index in [1.165, 1.54) is 11.3 Å². The van der Waals surface area contributed by atoms with Gasteiger partial charge in [0.05, 0.1) is 5.56 Å². The first kappa shape index (κ1) is 20.4. The summed E-state index contributed by atoms with van der Waals surface area (Å²) in [6.45, 7) is 4.37. The van der Waals surface area contributed by atoms with Gasteiger partial charge in [-0.1, -0.05) is 29.8 Å². The number of benzene rings is 1. The van der Waals surface area contributed by atoms with Gasteiger partial charge in [-0.05, 0) is 30.4 Å². The summed E-state index contributed by atoms with van der Waals surface area (Å²) < 4.78 is 0. The highest BCUT2D eigenvalue weighted by atomic mass is 35.5. The average Bonchev–Trinajstić information content (AvgIpc) is 3.05. The SMILES string of the molecule is Cc1ccc(C(N)C(=O)N2CCCN(C(=O)c3ccsc3)CC2)cc1.Cl. The molecule has 2 amide bonds. The summed E-state index contributed by atoms with van der Waals surface area (Å²) in [6, 6.07) is 8.93. The van der Waals surface area contributed by atoms with Gasteiger partial charge in [-0.25, -0.2) is 0 Å². The maximum atomic E-state index is 12.7. The molecule has 2 N–H and O–H groups in total. The van der Waals surface area contributed by atoms with Gasteiger partial charge in [-0.2, -0.15) is 11.3 Å². The minimum Gasteiger partial charge on any atom is -0.339 e. The summed E-state index contributed by atoms with van der Waals surface area (Å²) in [5.41, 5.74) is 8.86. The molecule has 140 valence electrons. The van der Waals surface area contributed by atoms with E-state index in [2.05, 4.69) is 0 Å². The third-order valence-electron chi connectivity index (χ3n) is 4.57. The summed E-state index contributed by atoms with van der Waals surface area (Å²) in [4.78, 5) is 28.8. The van der Waals surface area contributed by atoms with E-state index in [9.17, 15) is 9.59 Å². The molecule has 1 fully saturated rings. The first-order chi connectivity index (χ1) is 12.1. The Labute approximate surface area is 164 Å². The summed E-state index contributed by atoms with van der Waals surface area (Å²) in [5.74, 6) is -0.0351. The van der Waals surface area contributed by atoms with Crippen molar-refractivity contribution >= 4 is 35.6 Å². The lowest BCUT2D eigenvalue weighted by molar-refractivity contribution is -0.132. The molecule has 0 saturated carbocycles. The zero-order valence-corrected chi connectivity index (χ0v) is 16.4. The summed E-state index contributed by atoms with van der Waals surface area (Å²) >= 11 is 1.52. The predicted molar refractivity (Wildman–Crippen MR) is 107 cm³/mol. The number of amides is 2. The normalized spacial score (nSPS) is 15.8. The number of hydrogen-bond donors (Lipinski definition) is 1. The number of nitrogens with zero attached hydrogens (tertiary/aromatic N) is 2. The molecule has 1 atom stereocenters. The molecule has 0 radical (unpaired) electrons. The van der Waals surface area contributed by atoms with Crippen LogP contribution in [-0.4, -0.2) is 47.8 Å². The Morgan fingerprint density at radius 3 is 2.35 bits per heavy atom. The number of halogens is 1. The van der Waals surface area contributed by atoms with Crippen molar-refractivity contribution in [1.82, 2.24) is 9.80 Å². The quantitative estimate of drug-likeness (QED) is 0.871. The van der Waals surface area contributed by atoms with E-state index in [4.69, 9.17) is 5.73 Å². The lowest BCUT2D eigenvalue weighted by atomic mass is 10.0. The number of carbonyl (C=O) groups excluding carboxylic acids is 2. The standard InChI is InChI=1S/C19H23N3O2S.ClH/c1-14-3-5-15(6-4-14)17(20)19(24)22-9-2-8-21(10-11-22)18(23)16-7-12-25-13-16;/h3-7,12-13,17H,2,8-11,20H2,1H3;1H. The molecule has 1 aromatic carbocycles. The number of thiophene rings is 1. The average molecular weight is 394 g/mol. The summed E-state index contributed by atoms with van der Waals surface area (Å²) in [7, 11) is 0. The van der Waals surface area contributed by atoms with Gasteiger partial charge >= 0.3 is 0 Å². The van der Waals surface area contributed by atoms with Gasteiger partial charge in [-0.15, -0.1) is 12.4 Å². The van der Waals surface area contributed by atoms with Crippen LogP contribution in [0.25, 0.3) is 0 Å². The maximum Gasteiger partial charge on any atom is 0.254 e. The van der Waals surface area contributed by atoms with Crippen molar-refractivity contribution in [2.45, 2.75) is 19.4 Å². The molecule has 0 spiro atoms. The molecule has 1 aromatic heterocycles. The molecule has 3 rings (SSSR count). The fraction of sp³-hybridized carbons (Fsp3) is 0.368. The van der Waals surface area contributed by atoms with Crippen molar-refractivity contribution < 1.29 is 9.59 Å². The first-order valence-electron chi connectivity index (χ1n) is 8.48. The van der Waals surface area contributed by atoms with Crippen LogP contribution in [0.4, 0.5) is 0 Å². The van der Waals surface area contributed by atoms with Crippen molar-refractivity contribution in [3.05, 3.63) is 57.8 Å². The Kier molecular flexibility index (Phi) is 7.20. The highest BCUT2D eigenvalue weighted by Crippen LogP contribution is 2.17. The van der Waals surface area contributed by atoms with E-state index >= 15 is 0 Å². The van der Waals surface area contributed by atoms with Crippen LogP contribution in [0, 0.1) is 6.92 Å². The monoisotopic (exact) mass is 393 g/mol. The molecule has 5 nitrogen and oxygen atoms in total. The Balaban J connectivity index is 0.00000243. The highest BCUT2D eigenvalue weighted by molar-refractivity contribution is 7.08. The van der Waals surface area contributed by atoms with E-state index in [0.717, 1.165) is 23.1 Å². The fourth-order valence-electron chi connectivity index (χ4n) is 3.02. The summed E-state index contributed by atoms with van der Waals surface area (Å²) in [5, 5.41) is 3.77. The molecule has 0 aliphatic carbocycles. The predicted octanol–water partition coefficient (Wildman–Crippen LogP) is 2.85. The molecule has 0 bridgehead atoms. The Morgan fingerprint density at radius 2 is 1.69 bits per heavy atom. The van der Waals surface area contributed by atoms with Crippen LogP contribution in [-0.2, 0) is 4.79 Å². The lowest BCUT2D eigenvalue weighted by Crippen LogP contribution is -2.41. The van der Waals surface area contributed by atoms with E-state index < -0.39 is 6.04 Å². The molecular weight excluding hydrogens is 370 g/mol. The van der Waals surface area contributed by atoms with Gasteiger partial charge in [0, 0.05) is 31.6 Å². The van der Waals surface area contributed by atoms with Crippen LogP contribution in [0.5, 0.6) is 0 Å². The van der Waals surface area contributed by atoms with Crippen molar-refractivity contribution in [2.24, 2.45) is 5.73 Å². The van der Waals surface area contributed by atoms with Crippen molar-refractivity contribution in [3.63, 3.8) is 0 Å². The molecule has 1 saturated heterocycles. The second kappa shape index (κ2) is 9.16. The van der Waals surface area contributed by atoms with Crippen LogP contribution in [0.2, 0.25) is 0 Å². The third kappa shape index (κ3) is 4.63. The maximum absolute atomic E-state index is 12.7. The van der Waals surface area contributed by atoms with Gasteiger partial charge in [-0.3, -0.25) is 9.59 Å². The molecule has 2 heterocycles. The molecular formula is C19H24ClN3O2S. The van der Waals surface area contributed by atoms with Gasteiger partial charge in [0.15, 0.2) is 0 Å². The molecule has 1 aliphatic rings. The van der Waals surface area contributed by atoms with E-state index in [-0.39, 0.29) is 24.2 Å². The third-order valence-corrected chi connectivity index (χ3v) is 5.25. The Bertz CT molecular complexity index is 734. The number of rotatable bonds is 3. The van der Waals surface area contributed by atoms with Crippen LogP contribution < -0.4 is 5.73 Å². The van der Waals surface area contributed by atoms with Gasteiger partial charge in [0.25, 0.3) is 5.91 Å². The smallest absolute Gasteiger partial charge is 0.254 e. The molecule has 7 heteroatoms. The van der Waals surface area contributed by atoms with E-state index in [1.807, 2.05) is 52.9 Å². The van der Waals surface area contributed by atoms with Gasteiger partial charge < -0.3 is 15.5 Å². The zero-order chi connectivity index (χ0) is 17.8. The van der Waals surface area contributed by atoms with Gasteiger partial charge in [0.1, 0.15) is 6.04 Å². The van der Waals surface area contributed by atoms with Crippen LogP contribution in [0.15, 0.2) is 41.1 Å². The largest absolute Gasteiger partial charge is 0.339 e. The number of carbonyl (C=O) groups is 2. The molecule has 1 unspecified atom stereocenters. The van der Waals surface area contributed by atoms with Crippen molar-refractivity contribution in [1.29, 1.82) is 0 Å². The second-order valence-corrected chi connectivity index (χ2v) is 7.15. The van der Waals surface area contributed by atoms with Crippen molar-refractivity contribution in [2.75, 3.05) is 26.2 Å². The molecule has 1 aliphatic heterocycles. The summed E-state index contributed by atoms with van der Waals surface area (Å²) in [6.07, 6.45) is 0.766. The number of hydrogen-bond acceptors (Lipinski definition) is 4. The zero-order valence-electron chi connectivity index (χ0n) is 14.8. The molecule has 2 aromatic rings. The highest BCUT2D eigenvalue weighted by Gasteiger charge is 2.26. The van der Waals surface area contributed by atoms with Gasteiger partial charge in [0.2, 0.25) is 5.91 Å². The Morgan fingerprint density at radius 1 is 1.04 bits per heavy atom. The first-order valence-corrected chi connectivity index (χ1v) is 9.43. The van der Waals surface area contributed by atoms with Crippen LogP contribution in [0.1, 0.15) is 33.9 Å². The Hall–Kier alpha value is -1.89. The second-order valence-electron chi connectivity index (χ2n) is 6.37.